The third-order valence-electron chi connectivity index (χ3n) is 3.72. The standard InChI is InChI=1S/C19H14BrF3N2O2/c20-14-3-1-2-12(10-14)16-11-24-18(27-16)9-8-17(26)25-15-6-4-13(5-7-15)19(21,22)23/h1-7,10-11H,8-9H2,(H,25,26). The molecular weight excluding hydrogens is 425 g/mol. The number of alkyl halides is 3. The minimum Gasteiger partial charge on any atom is -0.441 e. The number of aromatic nitrogens is 1. The number of nitrogens with zero attached hydrogens (tertiary/aromatic N) is 1. The molecule has 1 heterocycles. The third-order valence-corrected chi connectivity index (χ3v) is 4.22. The lowest BCUT2D eigenvalue weighted by molar-refractivity contribution is -0.137. The first-order valence-corrected chi connectivity index (χ1v) is 8.78. The van der Waals surface area contributed by atoms with Crippen molar-refractivity contribution in [3.05, 3.63) is 70.7 Å². The van der Waals surface area contributed by atoms with E-state index in [9.17, 15) is 18.0 Å². The molecule has 0 unspecified atom stereocenters. The van der Waals surface area contributed by atoms with E-state index in [0.29, 0.717) is 17.3 Å². The van der Waals surface area contributed by atoms with Gasteiger partial charge in [0.1, 0.15) is 0 Å². The van der Waals surface area contributed by atoms with Crippen LogP contribution in [0, 0.1) is 0 Å². The summed E-state index contributed by atoms with van der Waals surface area (Å²) in [5.41, 5.74) is 0.396. The largest absolute Gasteiger partial charge is 0.441 e. The number of amides is 1. The van der Waals surface area contributed by atoms with Crippen molar-refractivity contribution in [3.8, 4) is 11.3 Å². The van der Waals surface area contributed by atoms with Crippen LogP contribution in [-0.2, 0) is 17.4 Å². The van der Waals surface area contributed by atoms with E-state index in [4.69, 9.17) is 4.42 Å². The van der Waals surface area contributed by atoms with E-state index in [1.807, 2.05) is 24.3 Å². The molecule has 0 atom stereocenters. The molecule has 2 aromatic carbocycles. The minimum atomic E-state index is -4.40. The molecule has 0 aliphatic carbocycles. The van der Waals surface area contributed by atoms with Gasteiger partial charge in [-0.1, -0.05) is 28.1 Å². The second kappa shape index (κ2) is 7.96. The topological polar surface area (TPSA) is 55.1 Å². The first-order chi connectivity index (χ1) is 12.8. The van der Waals surface area contributed by atoms with Crippen LogP contribution in [0.4, 0.5) is 18.9 Å². The second-order valence-corrected chi connectivity index (χ2v) is 6.67. The smallest absolute Gasteiger partial charge is 0.416 e. The van der Waals surface area contributed by atoms with Crippen LogP contribution in [0.3, 0.4) is 0 Å². The van der Waals surface area contributed by atoms with Crippen molar-refractivity contribution in [1.29, 1.82) is 0 Å². The quantitative estimate of drug-likeness (QED) is 0.556. The lowest BCUT2D eigenvalue weighted by Crippen LogP contribution is -2.13. The molecule has 1 N–H and O–H groups in total. The fourth-order valence-corrected chi connectivity index (χ4v) is 2.79. The third kappa shape index (κ3) is 5.19. The highest BCUT2D eigenvalue weighted by molar-refractivity contribution is 9.10. The van der Waals surface area contributed by atoms with Crippen molar-refractivity contribution >= 4 is 27.5 Å². The minimum absolute atomic E-state index is 0.0967. The molecule has 27 heavy (non-hydrogen) atoms. The molecule has 0 aliphatic rings. The van der Waals surface area contributed by atoms with Gasteiger partial charge < -0.3 is 9.73 Å². The van der Waals surface area contributed by atoms with E-state index in [0.717, 1.165) is 22.2 Å². The Morgan fingerprint density at radius 3 is 2.56 bits per heavy atom. The van der Waals surface area contributed by atoms with Crippen LogP contribution < -0.4 is 5.32 Å². The Balaban J connectivity index is 1.55. The Labute approximate surface area is 161 Å². The molecule has 0 aliphatic heterocycles. The number of anilines is 1. The Morgan fingerprint density at radius 1 is 1.15 bits per heavy atom. The average Bonchev–Trinajstić information content (AvgIpc) is 3.09. The van der Waals surface area contributed by atoms with Crippen LogP contribution in [0.2, 0.25) is 0 Å². The molecule has 3 aromatic rings. The van der Waals surface area contributed by atoms with Crippen LogP contribution in [0.5, 0.6) is 0 Å². The zero-order valence-electron chi connectivity index (χ0n) is 13.9. The van der Waals surface area contributed by atoms with Crippen molar-refractivity contribution < 1.29 is 22.4 Å². The molecule has 0 radical (unpaired) electrons. The van der Waals surface area contributed by atoms with Gasteiger partial charge in [-0.15, -0.1) is 0 Å². The number of oxazole rings is 1. The van der Waals surface area contributed by atoms with Crippen molar-refractivity contribution in [2.45, 2.75) is 19.0 Å². The van der Waals surface area contributed by atoms with E-state index in [2.05, 4.69) is 26.2 Å². The van der Waals surface area contributed by atoms with E-state index in [1.165, 1.54) is 12.1 Å². The predicted molar refractivity (Wildman–Crippen MR) is 98.0 cm³/mol. The van der Waals surface area contributed by atoms with Gasteiger partial charge >= 0.3 is 6.18 Å². The maximum Gasteiger partial charge on any atom is 0.416 e. The van der Waals surface area contributed by atoms with Crippen LogP contribution >= 0.6 is 15.9 Å². The van der Waals surface area contributed by atoms with Crippen molar-refractivity contribution in [3.63, 3.8) is 0 Å². The van der Waals surface area contributed by atoms with Gasteiger partial charge in [0, 0.05) is 28.6 Å². The normalized spacial score (nSPS) is 11.4. The zero-order valence-corrected chi connectivity index (χ0v) is 15.5. The van der Waals surface area contributed by atoms with Gasteiger partial charge in [0.25, 0.3) is 0 Å². The van der Waals surface area contributed by atoms with Gasteiger partial charge in [-0.3, -0.25) is 4.79 Å². The molecule has 0 saturated carbocycles. The van der Waals surface area contributed by atoms with Crippen LogP contribution in [0.25, 0.3) is 11.3 Å². The molecule has 4 nitrogen and oxygen atoms in total. The summed E-state index contributed by atoms with van der Waals surface area (Å²) in [6, 6.07) is 11.8. The Hall–Kier alpha value is -2.61. The van der Waals surface area contributed by atoms with Crippen molar-refractivity contribution in [2.75, 3.05) is 5.32 Å². The number of halogens is 4. The summed E-state index contributed by atoms with van der Waals surface area (Å²) in [5, 5.41) is 2.55. The molecule has 0 fully saturated rings. The number of nitrogens with one attached hydrogen (secondary N) is 1. The van der Waals surface area contributed by atoms with Crippen LogP contribution in [0.15, 0.2) is 63.6 Å². The van der Waals surface area contributed by atoms with E-state index in [1.54, 1.807) is 6.20 Å². The summed E-state index contributed by atoms with van der Waals surface area (Å²) >= 11 is 3.39. The number of carbonyl (C=O) groups is 1. The fraction of sp³-hybridized carbons (Fsp3) is 0.158. The molecule has 1 aromatic heterocycles. The number of hydrogen-bond donors (Lipinski definition) is 1. The summed E-state index contributed by atoms with van der Waals surface area (Å²) in [6.45, 7) is 0. The van der Waals surface area contributed by atoms with E-state index in [-0.39, 0.29) is 18.7 Å². The molecule has 8 heteroatoms. The molecule has 1 amide bonds. The lowest BCUT2D eigenvalue weighted by atomic mass is 10.2. The number of aryl methyl sites for hydroxylation is 1. The SMILES string of the molecule is O=C(CCc1ncc(-c2cccc(Br)c2)o1)Nc1ccc(C(F)(F)F)cc1. The van der Waals surface area contributed by atoms with Gasteiger partial charge in [-0.2, -0.15) is 13.2 Å². The lowest BCUT2D eigenvalue weighted by Gasteiger charge is -2.08. The number of benzene rings is 2. The van der Waals surface area contributed by atoms with E-state index >= 15 is 0 Å². The maximum atomic E-state index is 12.5. The Kier molecular flexibility index (Phi) is 5.65. The number of hydrogen-bond acceptors (Lipinski definition) is 3. The second-order valence-electron chi connectivity index (χ2n) is 5.75. The zero-order chi connectivity index (χ0) is 19.4. The van der Waals surface area contributed by atoms with Crippen LogP contribution in [-0.4, -0.2) is 10.9 Å². The predicted octanol–water partition coefficient (Wildman–Crippen LogP) is 5.69. The summed E-state index contributed by atoms with van der Waals surface area (Å²) in [6.07, 6.45) is -2.44. The molecule has 0 saturated heterocycles. The average molecular weight is 439 g/mol. The Bertz CT molecular complexity index is 937. The van der Waals surface area contributed by atoms with E-state index < -0.39 is 11.7 Å². The summed E-state index contributed by atoms with van der Waals surface area (Å²) in [5.74, 6) is 0.666. The highest BCUT2D eigenvalue weighted by atomic mass is 79.9. The fourth-order valence-electron chi connectivity index (χ4n) is 2.39. The number of carbonyl (C=O) groups excluding carboxylic acids is 1. The molecular formula is C19H14BrF3N2O2. The summed E-state index contributed by atoms with van der Waals surface area (Å²) in [4.78, 5) is 16.1. The van der Waals surface area contributed by atoms with Gasteiger partial charge in [-0.25, -0.2) is 4.98 Å². The maximum absolute atomic E-state index is 12.5. The highest BCUT2D eigenvalue weighted by Gasteiger charge is 2.29. The van der Waals surface area contributed by atoms with Gasteiger partial charge in [0.2, 0.25) is 5.91 Å². The van der Waals surface area contributed by atoms with Gasteiger partial charge in [-0.05, 0) is 36.4 Å². The van der Waals surface area contributed by atoms with Crippen molar-refractivity contribution in [1.82, 2.24) is 4.98 Å². The summed E-state index contributed by atoms with van der Waals surface area (Å²) < 4.78 is 44.1. The first-order valence-electron chi connectivity index (χ1n) is 7.99. The van der Waals surface area contributed by atoms with Crippen molar-refractivity contribution in [2.24, 2.45) is 0 Å². The van der Waals surface area contributed by atoms with Crippen LogP contribution in [0.1, 0.15) is 17.9 Å². The molecule has 140 valence electrons. The number of rotatable bonds is 5. The molecule has 3 rings (SSSR count). The molecule has 0 spiro atoms. The molecule has 0 bridgehead atoms. The van der Waals surface area contributed by atoms with Gasteiger partial charge in [0.05, 0.1) is 11.8 Å². The summed E-state index contributed by atoms with van der Waals surface area (Å²) in [7, 11) is 0. The van der Waals surface area contributed by atoms with Gasteiger partial charge in [0.15, 0.2) is 11.7 Å². The highest BCUT2D eigenvalue weighted by Crippen LogP contribution is 2.30. The first kappa shape index (κ1) is 19.2. The monoisotopic (exact) mass is 438 g/mol. The Morgan fingerprint density at radius 2 is 1.89 bits per heavy atom.